The average Bonchev–Trinajstić information content (AvgIpc) is 3.17. The van der Waals surface area contributed by atoms with Crippen molar-refractivity contribution < 1.29 is 24.2 Å². The fourth-order valence-electron chi connectivity index (χ4n) is 5.26. The lowest BCUT2D eigenvalue weighted by Crippen LogP contribution is -2.57. The summed E-state index contributed by atoms with van der Waals surface area (Å²) in [5.41, 5.74) is 3.57. The van der Waals surface area contributed by atoms with Gasteiger partial charge >= 0.3 is 12.1 Å². The van der Waals surface area contributed by atoms with Gasteiger partial charge in [0.15, 0.2) is 0 Å². The van der Waals surface area contributed by atoms with Gasteiger partial charge in [-0.15, -0.1) is 12.3 Å². The maximum absolute atomic E-state index is 13.1. The number of hydrogen-bond donors (Lipinski definition) is 3. The molecule has 2 aromatic carbocycles. The molecule has 4 rings (SSSR count). The highest BCUT2D eigenvalue weighted by Crippen LogP contribution is 2.44. The molecule has 35 heavy (non-hydrogen) atoms. The number of nitrogens with one attached hydrogen (secondary N) is 2. The molecule has 1 saturated carbocycles. The molecule has 0 bridgehead atoms. The maximum Gasteiger partial charge on any atom is 0.407 e. The van der Waals surface area contributed by atoms with Crippen molar-refractivity contribution in [3.8, 4) is 23.5 Å². The van der Waals surface area contributed by atoms with Crippen LogP contribution in [0, 0.1) is 17.8 Å². The number of rotatable bonds is 7. The number of carbonyl (C=O) groups is 3. The number of carboxylic acid groups (broad SMARTS) is 1. The minimum absolute atomic E-state index is 0.0609. The number of alkyl carbamates (subject to hydrolysis) is 1. The lowest BCUT2D eigenvalue weighted by Gasteiger charge is -2.40. The fourth-order valence-corrected chi connectivity index (χ4v) is 5.26. The van der Waals surface area contributed by atoms with Crippen LogP contribution in [0.15, 0.2) is 48.5 Å². The van der Waals surface area contributed by atoms with Crippen molar-refractivity contribution >= 4 is 18.0 Å². The second-order valence-electron chi connectivity index (χ2n) is 9.46. The molecule has 1 fully saturated rings. The first-order valence-electron chi connectivity index (χ1n) is 11.9. The second-order valence-corrected chi connectivity index (χ2v) is 9.46. The van der Waals surface area contributed by atoms with Gasteiger partial charge in [-0.05, 0) is 42.0 Å². The van der Waals surface area contributed by atoms with Gasteiger partial charge in [-0.1, -0.05) is 61.4 Å². The highest BCUT2D eigenvalue weighted by atomic mass is 16.5. The number of hydrogen-bond acceptors (Lipinski definition) is 4. The lowest BCUT2D eigenvalue weighted by atomic mass is 9.71. The Balaban J connectivity index is 1.43. The molecule has 0 heterocycles. The van der Waals surface area contributed by atoms with Gasteiger partial charge in [-0.2, -0.15) is 0 Å². The van der Waals surface area contributed by atoms with Crippen LogP contribution in [-0.2, 0) is 14.3 Å². The van der Waals surface area contributed by atoms with Crippen molar-refractivity contribution in [1.82, 2.24) is 10.6 Å². The number of benzene rings is 2. The average molecular weight is 475 g/mol. The van der Waals surface area contributed by atoms with Crippen LogP contribution in [0.3, 0.4) is 0 Å². The minimum Gasteiger partial charge on any atom is -0.480 e. The Hall–Kier alpha value is -3.79. The molecule has 2 aliphatic rings. The molecular formula is C28H30N2O5. The van der Waals surface area contributed by atoms with Crippen molar-refractivity contribution in [3.63, 3.8) is 0 Å². The zero-order valence-corrected chi connectivity index (χ0v) is 19.8. The molecule has 2 aliphatic carbocycles. The number of fused-ring (bicyclic) bond motifs is 3. The first-order valence-corrected chi connectivity index (χ1v) is 11.9. The molecule has 182 valence electrons. The summed E-state index contributed by atoms with van der Waals surface area (Å²) in [7, 11) is 0. The van der Waals surface area contributed by atoms with Crippen LogP contribution in [0.4, 0.5) is 4.79 Å². The molecule has 0 spiro atoms. The molecule has 0 radical (unpaired) electrons. The van der Waals surface area contributed by atoms with Crippen LogP contribution in [0.25, 0.3) is 11.1 Å². The van der Waals surface area contributed by atoms with Crippen LogP contribution in [0.2, 0.25) is 0 Å². The standard InChI is InChI=1S/C28H30N2O5/c1-3-10-23(25(31)32)29-26(33)28(2)16-9-8-15-24(28)30-27(34)35-17-22-20-13-6-4-11-18(20)19-12-5-7-14-21(19)22/h1,4-7,11-14,22-24H,8-10,15-17H2,2H3,(H,29,33)(H,30,34)(H,31,32). The summed E-state index contributed by atoms with van der Waals surface area (Å²) in [6, 6.07) is 14.6. The molecule has 3 N–H and O–H groups in total. The Morgan fingerprint density at radius 1 is 1.11 bits per heavy atom. The van der Waals surface area contributed by atoms with E-state index in [2.05, 4.69) is 40.8 Å². The highest BCUT2D eigenvalue weighted by Gasteiger charge is 2.45. The van der Waals surface area contributed by atoms with Crippen LogP contribution < -0.4 is 10.6 Å². The maximum atomic E-state index is 13.1. The first-order chi connectivity index (χ1) is 16.8. The Morgan fingerprint density at radius 3 is 2.34 bits per heavy atom. The van der Waals surface area contributed by atoms with Gasteiger partial charge in [0, 0.05) is 18.4 Å². The molecule has 7 nitrogen and oxygen atoms in total. The van der Waals surface area contributed by atoms with Crippen molar-refractivity contribution in [2.75, 3.05) is 6.61 Å². The van der Waals surface area contributed by atoms with Gasteiger partial charge in [0.05, 0.1) is 5.41 Å². The number of carboxylic acids is 1. The van der Waals surface area contributed by atoms with Crippen LogP contribution in [0.5, 0.6) is 0 Å². The summed E-state index contributed by atoms with van der Waals surface area (Å²) in [5, 5.41) is 14.8. The van der Waals surface area contributed by atoms with Gasteiger partial charge in [0.1, 0.15) is 12.6 Å². The van der Waals surface area contributed by atoms with Crippen molar-refractivity contribution in [1.29, 1.82) is 0 Å². The van der Waals surface area contributed by atoms with Crippen LogP contribution >= 0.6 is 0 Å². The van der Waals surface area contributed by atoms with E-state index in [9.17, 15) is 19.5 Å². The smallest absolute Gasteiger partial charge is 0.407 e. The van der Waals surface area contributed by atoms with Gasteiger partial charge < -0.3 is 20.5 Å². The molecule has 2 amide bonds. The second kappa shape index (κ2) is 10.2. The third-order valence-electron chi connectivity index (χ3n) is 7.29. The molecule has 2 aromatic rings. The number of ether oxygens (including phenoxy) is 1. The molecule has 3 atom stereocenters. The van der Waals surface area contributed by atoms with E-state index in [4.69, 9.17) is 11.2 Å². The van der Waals surface area contributed by atoms with E-state index in [1.165, 1.54) is 0 Å². The van der Waals surface area contributed by atoms with Crippen LogP contribution in [-0.4, -0.2) is 41.8 Å². The van der Waals surface area contributed by atoms with Gasteiger partial charge in [0.25, 0.3) is 0 Å². The van der Waals surface area contributed by atoms with Gasteiger partial charge in [-0.3, -0.25) is 4.79 Å². The highest BCUT2D eigenvalue weighted by molar-refractivity contribution is 5.88. The van der Waals surface area contributed by atoms with Crippen molar-refractivity contribution in [2.24, 2.45) is 5.41 Å². The molecule has 0 aliphatic heterocycles. The zero-order chi connectivity index (χ0) is 25.0. The van der Waals surface area contributed by atoms with E-state index in [1.54, 1.807) is 6.92 Å². The minimum atomic E-state index is -1.18. The summed E-state index contributed by atoms with van der Waals surface area (Å²) in [5.74, 6) is 0.614. The lowest BCUT2D eigenvalue weighted by molar-refractivity contribution is -0.144. The molecule has 0 aromatic heterocycles. The van der Waals surface area contributed by atoms with E-state index in [0.717, 1.165) is 35.1 Å². The summed E-state index contributed by atoms with van der Waals surface area (Å²) in [6.45, 7) is 1.93. The van der Waals surface area contributed by atoms with E-state index in [-0.39, 0.29) is 18.9 Å². The Kier molecular flexibility index (Phi) is 7.11. The third kappa shape index (κ3) is 4.88. The normalized spacial score (nSPS) is 21.7. The van der Waals surface area contributed by atoms with Gasteiger partial charge in [-0.25, -0.2) is 9.59 Å². The van der Waals surface area contributed by atoms with Crippen molar-refractivity contribution in [2.45, 2.75) is 57.0 Å². The molecule has 7 heteroatoms. The quantitative estimate of drug-likeness (QED) is 0.525. The number of terminal acetylenes is 1. The third-order valence-corrected chi connectivity index (χ3v) is 7.29. The van der Waals surface area contributed by atoms with E-state index in [0.29, 0.717) is 12.8 Å². The van der Waals surface area contributed by atoms with E-state index >= 15 is 0 Å². The van der Waals surface area contributed by atoms with Crippen LogP contribution in [0.1, 0.15) is 56.1 Å². The topological polar surface area (TPSA) is 105 Å². The predicted octanol–water partition coefficient (Wildman–Crippen LogP) is 4.07. The monoisotopic (exact) mass is 474 g/mol. The van der Waals surface area contributed by atoms with E-state index in [1.807, 2.05) is 24.3 Å². The Bertz CT molecular complexity index is 1120. The van der Waals surface area contributed by atoms with Gasteiger partial charge in [0.2, 0.25) is 5.91 Å². The fraction of sp³-hybridized carbons (Fsp3) is 0.393. The number of aliphatic carboxylic acids is 1. The molecule has 0 saturated heterocycles. The number of amides is 2. The summed E-state index contributed by atoms with van der Waals surface area (Å²) in [4.78, 5) is 37.4. The largest absolute Gasteiger partial charge is 0.480 e. The summed E-state index contributed by atoms with van der Waals surface area (Å²) in [6.07, 6.45) is 7.34. The Morgan fingerprint density at radius 2 is 1.74 bits per heavy atom. The van der Waals surface area contributed by atoms with Crippen molar-refractivity contribution in [3.05, 3.63) is 59.7 Å². The molecular weight excluding hydrogens is 444 g/mol. The van der Waals surface area contributed by atoms with E-state index < -0.39 is 35.5 Å². The Labute approximate surface area is 205 Å². The zero-order valence-electron chi connectivity index (χ0n) is 19.8. The summed E-state index contributed by atoms with van der Waals surface area (Å²) >= 11 is 0. The summed E-state index contributed by atoms with van der Waals surface area (Å²) < 4.78 is 5.67. The predicted molar refractivity (Wildman–Crippen MR) is 132 cm³/mol. The SMILES string of the molecule is C#CCC(NC(=O)C1(C)CCCCC1NC(=O)OCC1c2ccccc2-c2ccccc21)C(=O)O. The number of carbonyl (C=O) groups excluding carboxylic acids is 2. The molecule has 3 unspecified atom stereocenters. The first kappa shape index (κ1) is 24.3.